The summed E-state index contributed by atoms with van der Waals surface area (Å²) in [6.07, 6.45) is 0. The fraction of sp³-hybridized carbons (Fsp3) is 0.400. The average molecular weight is 328 g/mol. The lowest BCUT2D eigenvalue weighted by molar-refractivity contribution is -0.174. The number of hydrogen-bond donors (Lipinski definition) is 0. The molecule has 1 aliphatic rings. The predicted octanol–water partition coefficient (Wildman–Crippen LogP) is 3.89. The van der Waals surface area contributed by atoms with E-state index < -0.39 is 11.4 Å². The summed E-state index contributed by atoms with van der Waals surface area (Å²) in [5.41, 5.74) is 1.53. The number of hydrogen-bond acceptors (Lipinski definition) is 4. The molecule has 2 aromatic rings. The van der Waals surface area contributed by atoms with Gasteiger partial charge in [-0.05, 0) is 37.1 Å². The van der Waals surface area contributed by atoms with Gasteiger partial charge in [0.05, 0.1) is 13.2 Å². The minimum absolute atomic E-state index is 0.429. The Bertz CT molecular complexity index is 668. The highest BCUT2D eigenvalue weighted by atomic mass is 16.8. The van der Waals surface area contributed by atoms with Crippen molar-refractivity contribution in [3.8, 4) is 5.75 Å². The number of rotatable bonds is 6. The zero-order chi connectivity index (χ0) is 17.0. The third kappa shape index (κ3) is 3.78. The molecule has 0 N–H and O–H groups in total. The minimum atomic E-state index is -0.626. The molecule has 0 saturated carbocycles. The molecule has 24 heavy (non-hydrogen) atoms. The molecule has 1 atom stereocenters. The van der Waals surface area contributed by atoms with Crippen LogP contribution in [0.15, 0.2) is 54.6 Å². The van der Waals surface area contributed by atoms with Crippen molar-refractivity contribution >= 4 is 0 Å². The molecule has 2 aromatic carbocycles. The highest BCUT2D eigenvalue weighted by Crippen LogP contribution is 2.40. The van der Waals surface area contributed by atoms with Gasteiger partial charge in [0.2, 0.25) is 0 Å². The van der Waals surface area contributed by atoms with Crippen LogP contribution in [-0.4, -0.2) is 26.1 Å². The SMILES string of the molecule is COCC1(c2cccc(OCc3ccccc3)c2)COC(C)(C)O1. The Kier molecular flexibility index (Phi) is 4.90. The lowest BCUT2D eigenvalue weighted by atomic mass is 9.95. The molecule has 0 bridgehead atoms. The molecule has 1 unspecified atom stereocenters. The van der Waals surface area contributed by atoms with E-state index in [-0.39, 0.29) is 0 Å². The van der Waals surface area contributed by atoms with Gasteiger partial charge < -0.3 is 18.9 Å². The van der Waals surface area contributed by atoms with Crippen LogP contribution in [0.2, 0.25) is 0 Å². The standard InChI is InChI=1S/C20H24O4/c1-19(2)23-15-20(24-19,14-21-3)17-10-7-11-18(12-17)22-13-16-8-5-4-6-9-16/h4-12H,13-15H2,1-3H3. The molecule has 1 saturated heterocycles. The van der Waals surface area contributed by atoms with Crippen LogP contribution in [0.4, 0.5) is 0 Å². The Morgan fingerprint density at radius 2 is 1.83 bits per heavy atom. The Morgan fingerprint density at radius 1 is 1.04 bits per heavy atom. The fourth-order valence-corrected chi connectivity index (χ4v) is 2.96. The second-order valence-electron chi connectivity index (χ2n) is 6.52. The Labute approximate surface area is 143 Å². The van der Waals surface area contributed by atoms with Gasteiger partial charge in [0.15, 0.2) is 5.79 Å². The van der Waals surface area contributed by atoms with Gasteiger partial charge in [-0.25, -0.2) is 0 Å². The van der Waals surface area contributed by atoms with E-state index in [4.69, 9.17) is 18.9 Å². The molecule has 0 aliphatic carbocycles. The van der Waals surface area contributed by atoms with Crippen LogP contribution in [0.25, 0.3) is 0 Å². The molecule has 4 heteroatoms. The molecule has 0 amide bonds. The van der Waals surface area contributed by atoms with Crippen LogP contribution in [0.5, 0.6) is 5.75 Å². The first-order valence-corrected chi connectivity index (χ1v) is 8.13. The molecular formula is C20H24O4. The van der Waals surface area contributed by atoms with Crippen molar-refractivity contribution in [2.24, 2.45) is 0 Å². The molecule has 0 aromatic heterocycles. The molecule has 1 heterocycles. The first-order valence-electron chi connectivity index (χ1n) is 8.13. The van der Waals surface area contributed by atoms with E-state index in [1.54, 1.807) is 7.11 Å². The largest absolute Gasteiger partial charge is 0.489 e. The zero-order valence-electron chi connectivity index (χ0n) is 14.5. The van der Waals surface area contributed by atoms with Crippen LogP contribution < -0.4 is 4.74 Å². The summed E-state index contributed by atoms with van der Waals surface area (Å²) < 4.78 is 23.3. The zero-order valence-corrected chi connectivity index (χ0v) is 14.5. The van der Waals surface area contributed by atoms with E-state index in [0.29, 0.717) is 19.8 Å². The highest BCUT2D eigenvalue weighted by Gasteiger charge is 2.47. The predicted molar refractivity (Wildman–Crippen MR) is 91.9 cm³/mol. The van der Waals surface area contributed by atoms with Gasteiger partial charge in [0.1, 0.15) is 18.0 Å². The van der Waals surface area contributed by atoms with Crippen molar-refractivity contribution in [2.75, 3.05) is 20.3 Å². The number of ether oxygens (including phenoxy) is 4. The van der Waals surface area contributed by atoms with E-state index in [9.17, 15) is 0 Å². The van der Waals surface area contributed by atoms with E-state index in [1.165, 1.54) is 0 Å². The first kappa shape index (κ1) is 17.0. The van der Waals surface area contributed by atoms with Crippen molar-refractivity contribution < 1.29 is 18.9 Å². The van der Waals surface area contributed by atoms with E-state index in [0.717, 1.165) is 16.9 Å². The highest BCUT2D eigenvalue weighted by molar-refractivity contribution is 5.34. The lowest BCUT2D eigenvalue weighted by Gasteiger charge is -2.29. The fourth-order valence-electron chi connectivity index (χ4n) is 2.96. The number of benzene rings is 2. The van der Waals surface area contributed by atoms with Gasteiger partial charge in [-0.15, -0.1) is 0 Å². The van der Waals surface area contributed by atoms with Crippen molar-refractivity contribution in [1.82, 2.24) is 0 Å². The van der Waals surface area contributed by atoms with Gasteiger partial charge in [-0.2, -0.15) is 0 Å². The molecule has 4 nitrogen and oxygen atoms in total. The average Bonchev–Trinajstić information content (AvgIpc) is 2.91. The Hall–Kier alpha value is -1.88. The normalized spacial score (nSPS) is 22.5. The summed E-state index contributed by atoms with van der Waals surface area (Å²) in [4.78, 5) is 0. The molecule has 0 radical (unpaired) electrons. The van der Waals surface area contributed by atoms with Crippen molar-refractivity contribution in [1.29, 1.82) is 0 Å². The van der Waals surface area contributed by atoms with Crippen LogP contribution in [0.1, 0.15) is 25.0 Å². The monoisotopic (exact) mass is 328 g/mol. The third-order valence-electron chi connectivity index (χ3n) is 4.08. The van der Waals surface area contributed by atoms with Crippen LogP contribution in [-0.2, 0) is 26.4 Å². The smallest absolute Gasteiger partial charge is 0.164 e. The number of methoxy groups -OCH3 is 1. The topological polar surface area (TPSA) is 36.9 Å². The maximum Gasteiger partial charge on any atom is 0.164 e. The van der Waals surface area contributed by atoms with Crippen molar-refractivity contribution in [3.63, 3.8) is 0 Å². The van der Waals surface area contributed by atoms with Gasteiger partial charge in [0.25, 0.3) is 0 Å². The Balaban J connectivity index is 1.78. The molecule has 128 valence electrons. The maximum absolute atomic E-state index is 6.18. The Morgan fingerprint density at radius 3 is 2.50 bits per heavy atom. The second kappa shape index (κ2) is 6.93. The quantitative estimate of drug-likeness (QED) is 0.806. The minimum Gasteiger partial charge on any atom is -0.489 e. The second-order valence-corrected chi connectivity index (χ2v) is 6.52. The van der Waals surface area contributed by atoms with Crippen LogP contribution in [0.3, 0.4) is 0 Å². The molecule has 1 aliphatic heterocycles. The van der Waals surface area contributed by atoms with E-state index >= 15 is 0 Å². The summed E-state index contributed by atoms with van der Waals surface area (Å²) >= 11 is 0. The van der Waals surface area contributed by atoms with Gasteiger partial charge in [-0.1, -0.05) is 42.5 Å². The van der Waals surface area contributed by atoms with E-state index in [2.05, 4.69) is 0 Å². The molecular weight excluding hydrogens is 304 g/mol. The van der Waals surface area contributed by atoms with Gasteiger partial charge in [-0.3, -0.25) is 0 Å². The van der Waals surface area contributed by atoms with E-state index in [1.807, 2.05) is 68.4 Å². The summed E-state index contributed by atoms with van der Waals surface area (Å²) in [7, 11) is 1.67. The summed E-state index contributed by atoms with van der Waals surface area (Å²) in [6.45, 7) is 5.25. The van der Waals surface area contributed by atoms with Crippen LogP contribution >= 0.6 is 0 Å². The molecule has 1 fully saturated rings. The summed E-state index contributed by atoms with van der Waals surface area (Å²) in [5, 5.41) is 0. The van der Waals surface area contributed by atoms with Crippen molar-refractivity contribution in [2.45, 2.75) is 31.8 Å². The lowest BCUT2D eigenvalue weighted by Crippen LogP contribution is -2.36. The van der Waals surface area contributed by atoms with Gasteiger partial charge >= 0.3 is 0 Å². The van der Waals surface area contributed by atoms with Crippen LogP contribution in [0, 0.1) is 0 Å². The third-order valence-corrected chi connectivity index (χ3v) is 4.08. The summed E-state index contributed by atoms with van der Waals surface area (Å²) in [5.74, 6) is 0.180. The molecule has 3 rings (SSSR count). The summed E-state index contributed by atoms with van der Waals surface area (Å²) in [6, 6.07) is 18.1. The maximum atomic E-state index is 6.18. The molecule has 0 spiro atoms. The van der Waals surface area contributed by atoms with Crippen molar-refractivity contribution in [3.05, 3.63) is 65.7 Å². The first-order chi connectivity index (χ1) is 11.5. The van der Waals surface area contributed by atoms with Gasteiger partial charge in [0, 0.05) is 7.11 Å².